The maximum atomic E-state index is 12.9. The van der Waals surface area contributed by atoms with E-state index in [1.54, 1.807) is 12.1 Å². The number of non-ortho nitro benzene ring substituents is 1. The topological polar surface area (TPSA) is 63.5 Å². The number of aryl methyl sites for hydroxylation is 1. The van der Waals surface area contributed by atoms with E-state index < -0.39 is 4.92 Å². The third-order valence-electron chi connectivity index (χ3n) is 4.35. The molecule has 0 N–H and O–H groups in total. The highest BCUT2D eigenvalue weighted by Gasteiger charge is 2.27. The normalized spacial score (nSPS) is 14.9. The lowest BCUT2D eigenvalue weighted by Crippen LogP contribution is -2.38. The molecule has 5 heteroatoms. The Morgan fingerprint density at radius 3 is 2.57 bits per heavy atom. The van der Waals surface area contributed by atoms with E-state index >= 15 is 0 Å². The van der Waals surface area contributed by atoms with Crippen LogP contribution in [0, 0.1) is 10.1 Å². The fraction of sp³-hybridized carbons (Fsp3) is 0.278. The van der Waals surface area contributed by atoms with Gasteiger partial charge < -0.3 is 4.90 Å². The third-order valence-corrected chi connectivity index (χ3v) is 4.35. The number of anilines is 1. The zero-order chi connectivity index (χ0) is 16.4. The van der Waals surface area contributed by atoms with E-state index in [-0.39, 0.29) is 17.5 Å². The molecule has 1 aliphatic rings. The minimum atomic E-state index is -0.433. The minimum Gasteiger partial charge on any atom is -0.312 e. The predicted octanol–water partition coefficient (Wildman–Crippen LogP) is 3.68. The molecule has 0 aliphatic carbocycles. The molecule has 1 amide bonds. The first kappa shape index (κ1) is 15.2. The second-order valence-electron chi connectivity index (χ2n) is 5.79. The summed E-state index contributed by atoms with van der Waals surface area (Å²) in [6.07, 6.45) is 1.95. The fourth-order valence-electron chi connectivity index (χ4n) is 3.02. The van der Waals surface area contributed by atoms with Crippen LogP contribution in [0.2, 0.25) is 0 Å². The number of fused-ring (bicyclic) bond motifs is 1. The number of nitro groups is 1. The van der Waals surface area contributed by atoms with E-state index in [0.717, 1.165) is 24.1 Å². The summed E-state index contributed by atoms with van der Waals surface area (Å²) >= 11 is 0. The van der Waals surface area contributed by atoms with Gasteiger partial charge in [-0.2, -0.15) is 0 Å². The van der Waals surface area contributed by atoms with E-state index in [9.17, 15) is 14.9 Å². The van der Waals surface area contributed by atoms with Gasteiger partial charge >= 0.3 is 0 Å². The second-order valence-corrected chi connectivity index (χ2v) is 5.79. The molecule has 0 spiro atoms. The molecule has 1 aliphatic heterocycles. The van der Waals surface area contributed by atoms with E-state index in [1.807, 2.05) is 30.0 Å². The predicted molar refractivity (Wildman–Crippen MR) is 88.6 cm³/mol. The van der Waals surface area contributed by atoms with Crippen LogP contribution in [0.25, 0.3) is 0 Å². The Labute approximate surface area is 134 Å². The Balaban J connectivity index is 1.84. The molecule has 0 bridgehead atoms. The molecule has 23 heavy (non-hydrogen) atoms. The summed E-state index contributed by atoms with van der Waals surface area (Å²) in [5.74, 6) is -0.298. The molecule has 5 nitrogen and oxygen atoms in total. The van der Waals surface area contributed by atoms with Crippen LogP contribution in [-0.2, 0) is 11.2 Å². The summed E-state index contributed by atoms with van der Waals surface area (Å²) in [5, 5.41) is 10.7. The van der Waals surface area contributed by atoms with Crippen LogP contribution in [0.15, 0.2) is 48.5 Å². The van der Waals surface area contributed by atoms with Crippen molar-refractivity contribution >= 4 is 17.3 Å². The molecule has 0 saturated carbocycles. The van der Waals surface area contributed by atoms with E-state index in [0.29, 0.717) is 6.54 Å². The smallest absolute Gasteiger partial charge is 0.269 e. The van der Waals surface area contributed by atoms with Gasteiger partial charge in [0.05, 0.1) is 10.8 Å². The lowest BCUT2D eigenvalue weighted by Gasteiger charge is -2.31. The van der Waals surface area contributed by atoms with Crippen molar-refractivity contribution < 1.29 is 9.72 Å². The Kier molecular flexibility index (Phi) is 4.10. The first-order valence-corrected chi connectivity index (χ1v) is 7.71. The molecule has 2 aromatic rings. The van der Waals surface area contributed by atoms with Crippen molar-refractivity contribution in [3.8, 4) is 0 Å². The van der Waals surface area contributed by atoms with Crippen molar-refractivity contribution in [1.29, 1.82) is 0 Å². The average molecular weight is 310 g/mol. The van der Waals surface area contributed by atoms with E-state index in [4.69, 9.17) is 0 Å². The molecular weight excluding hydrogens is 292 g/mol. The number of rotatable bonds is 3. The van der Waals surface area contributed by atoms with Crippen LogP contribution in [0.4, 0.5) is 11.4 Å². The van der Waals surface area contributed by atoms with Crippen LogP contribution in [0.1, 0.15) is 30.4 Å². The van der Waals surface area contributed by atoms with Crippen LogP contribution in [0.5, 0.6) is 0 Å². The summed E-state index contributed by atoms with van der Waals surface area (Å²) in [6, 6.07) is 14.2. The highest BCUT2D eigenvalue weighted by atomic mass is 16.6. The highest BCUT2D eigenvalue weighted by Crippen LogP contribution is 2.30. The average Bonchev–Trinajstić information content (AvgIpc) is 2.60. The zero-order valence-corrected chi connectivity index (χ0v) is 12.9. The largest absolute Gasteiger partial charge is 0.312 e. The Hall–Kier alpha value is -2.69. The standard InChI is InChI=1S/C18H18N2O3/c1-13(14-8-10-16(11-9-14)20(22)23)18(21)19-12-4-6-15-5-2-3-7-17(15)19/h2-3,5,7-11,13H,4,6,12H2,1H3/t13-/m1/s1. The SMILES string of the molecule is C[C@@H](C(=O)N1CCCc2ccccc21)c1ccc([N+](=O)[O-])cc1. The summed E-state index contributed by atoms with van der Waals surface area (Å²) in [6.45, 7) is 2.56. The monoisotopic (exact) mass is 310 g/mol. The molecule has 0 fully saturated rings. The van der Waals surface area contributed by atoms with Crippen molar-refractivity contribution in [1.82, 2.24) is 0 Å². The molecule has 0 saturated heterocycles. The fourth-order valence-corrected chi connectivity index (χ4v) is 3.02. The number of benzene rings is 2. The van der Waals surface area contributed by atoms with Crippen LogP contribution in [0.3, 0.4) is 0 Å². The maximum Gasteiger partial charge on any atom is 0.269 e. The van der Waals surface area contributed by atoms with Crippen molar-refractivity contribution in [3.63, 3.8) is 0 Å². The Bertz CT molecular complexity index is 740. The number of hydrogen-bond acceptors (Lipinski definition) is 3. The lowest BCUT2D eigenvalue weighted by atomic mass is 9.96. The second kappa shape index (κ2) is 6.20. The molecule has 1 heterocycles. The number of nitro benzene ring substituents is 1. The molecular formula is C18H18N2O3. The summed E-state index contributed by atoms with van der Waals surface area (Å²) in [7, 11) is 0. The Morgan fingerprint density at radius 1 is 1.17 bits per heavy atom. The van der Waals surface area contributed by atoms with Crippen LogP contribution < -0.4 is 4.90 Å². The molecule has 0 radical (unpaired) electrons. The summed E-state index contributed by atoms with van der Waals surface area (Å²) < 4.78 is 0. The number of nitrogens with zero attached hydrogens (tertiary/aromatic N) is 2. The summed E-state index contributed by atoms with van der Waals surface area (Å²) in [5.41, 5.74) is 3.01. The van der Waals surface area contributed by atoms with E-state index in [2.05, 4.69) is 6.07 Å². The van der Waals surface area contributed by atoms with Crippen LogP contribution in [-0.4, -0.2) is 17.4 Å². The lowest BCUT2D eigenvalue weighted by molar-refractivity contribution is -0.384. The zero-order valence-electron chi connectivity index (χ0n) is 12.9. The van der Waals surface area contributed by atoms with Gasteiger partial charge in [-0.25, -0.2) is 0 Å². The highest BCUT2D eigenvalue weighted by molar-refractivity contribution is 5.98. The van der Waals surface area contributed by atoms with Crippen molar-refractivity contribution in [2.75, 3.05) is 11.4 Å². The van der Waals surface area contributed by atoms with Gasteiger partial charge in [0.1, 0.15) is 0 Å². The first-order valence-electron chi connectivity index (χ1n) is 7.71. The molecule has 0 aromatic heterocycles. The number of hydrogen-bond donors (Lipinski definition) is 0. The van der Waals surface area contributed by atoms with Gasteiger partial charge in [0.2, 0.25) is 5.91 Å². The minimum absolute atomic E-state index is 0.0333. The van der Waals surface area contributed by atoms with Gasteiger partial charge in [-0.3, -0.25) is 14.9 Å². The van der Waals surface area contributed by atoms with Crippen molar-refractivity contribution in [2.45, 2.75) is 25.7 Å². The number of amides is 1. The third kappa shape index (κ3) is 2.95. The van der Waals surface area contributed by atoms with Gasteiger partial charge in [0, 0.05) is 24.4 Å². The Morgan fingerprint density at radius 2 is 1.87 bits per heavy atom. The molecule has 2 aromatic carbocycles. The van der Waals surface area contributed by atoms with Crippen LogP contribution >= 0.6 is 0 Å². The van der Waals surface area contributed by atoms with Gasteiger partial charge in [0.15, 0.2) is 0 Å². The molecule has 0 unspecified atom stereocenters. The van der Waals surface area contributed by atoms with E-state index in [1.165, 1.54) is 17.7 Å². The van der Waals surface area contributed by atoms with Crippen molar-refractivity contribution in [3.05, 3.63) is 69.8 Å². The molecule has 1 atom stereocenters. The maximum absolute atomic E-state index is 12.9. The van der Waals surface area contributed by atoms with Gasteiger partial charge in [-0.05, 0) is 37.0 Å². The molecule has 3 rings (SSSR count). The quantitative estimate of drug-likeness (QED) is 0.641. The van der Waals surface area contributed by atoms with Gasteiger partial charge in [-0.15, -0.1) is 0 Å². The first-order chi connectivity index (χ1) is 11.1. The van der Waals surface area contributed by atoms with Gasteiger partial charge in [0.25, 0.3) is 5.69 Å². The number of para-hydroxylation sites is 1. The van der Waals surface area contributed by atoms with Crippen molar-refractivity contribution in [2.24, 2.45) is 0 Å². The molecule has 118 valence electrons. The summed E-state index contributed by atoms with van der Waals surface area (Å²) in [4.78, 5) is 25.0. The number of carbonyl (C=O) groups excluding carboxylic acids is 1. The number of carbonyl (C=O) groups is 1. The van der Waals surface area contributed by atoms with Gasteiger partial charge in [-0.1, -0.05) is 30.3 Å².